The van der Waals surface area contributed by atoms with Crippen molar-refractivity contribution >= 4 is 0 Å². The monoisotopic (exact) mass is 118 g/mol. The molecule has 1 N–H and O–H groups in total. The highest BCUT2D eigenvalue weighted by Gasteiger charge is 2.12. The van der Waals surface area contributed by atoms with Crippen LogP contribution in [-0.4, -0.2) is 24.4 Å². The van der Waals surface area contributed by atoms with E-state index in [-0.39, 0.29) is 20.1 Å². The molecule has 8 heavy (non-hydrogen) atoms. The van der Waals surface area contributed by atoms with E-state index in [4.69, 9.17) is 9.84 Å². The first-order chi connectivity index (χ1) is 3.43. The van der Waals surface area contributed by atoms with Gasteiger partial charge in [0.1, 0.15) is 0 Å². The second kappa shape index (κ2) is 3.87. The first-order valence-corrected chi connectivity index (χ1v) is 2.66. The third kappa shape index (κ3) is 1.80. The van der Waals surface area contributed by atoms with Crippen molar-refractivity contribution in [2.24, 2.45) is 0 Å². The Morgan fingerprint density at radius 3 is 2.62 bits per heavy atom. The Hall–Kier alpha value is -0.0800. The zero-order valence-electron chi connectivity index (χ0n) is 4.26. The molecule has 1 aliphatic heterocycles. The van der Waals surface area contributed by atoms with Gasteiger partial charge in [0.15, 0.2) is 0 Å². The third-order valence-electron chi connectivity index (χ3n) is 1.23. The molecule has 2 heteroatoms. The van der Waals surface area contributed by atoms with E-state index in [1.165, 1.54) is 0 Å². The van der Waals surface area contributed by atoms with Crippen molar-refractivity contribution in [1.29, 1.82) is 0 Å². The van der Waals surface area contributed by atoms with Gasteiger partial charge in [-0.15, -0.1) is 0 Å². The standard InChI is InChI=1S/C5H10O2.CH4/c6-4-5-2-1-3-7-5;/h5-6H,1-4H2;1H4. The molecule has 0 radical (unpaired) electrons. The molecule has 1 rings (SSSR count). The zero-order chi connectivity index (χ0) is 5.11. The molecule has 0 amide bonds. The number of aliphatic hydroxyl groups is 1. The van der Waals surface area contributed by atoms with Crippen molar-refractivity contribution in [3.63, 3.8) is 0 Å². The Kier molecular flexibility index (Phi) is 3.83. The minimum absolute atomic E-state index is 0. The molecule has 2 nitrogen and oxygen atoms in total. The molecule has 0 bridgehead atoms. The maximum atomic E-state index is 8.44. The molecule has 1 fully saturated rings. The quantitative estimate of drug-likeness (QED) is 0.551. The van der Waals surface area contributed by atoms with Gasteiger partial charge in [-0.25, -0.2) is 0 Å². The number of hydrogen-bond donors (Lipinski definition) is 1. The van der Waals surface area contributed by atoms with Crippen molar-refractivity contribution in [3.05, 3.63) is 0 Å². The predicted molar refractivity (Wildman–Crippen MR) is 32.8 cm³/mol. The number of rotatable bonds is 1. The van der Waals surface area contributed by atoms with Crippen LogP contribution in [0.25, 0.3) is 0 Å². The summed E-state index contributed by atoms with van der Waals surface area (Å²) in [5, 5.41) is 8.44. The van der Waals surface area contributed by atoms with Crippen molar-refractivity contribution in [1.82, 2.24) is 0 Å². The van der Waals surface area contributed by atoms with Gasteiger partial charge in [0, 0.05) is 6.61 Å². The second-order valence-electron chi connectivity index (χ2n) is 1.82. The van der Waals surface area contributed by atoms with E-state index in [0.29, 0.717) is 0 Å². The van der Waals surface area contributed by atoms with Crippen LogP contribution in [0, 0.1) is 0 Å². The van der Waals surface area contributed by atoms with Gasteiger partial charge >= 0.3 is 0 Å². The summed E-state index contributed by atoms with van der Waals surface area (Å²) in [4.78, 5) is 0. The SMILES string of the molecule is C.OCC1CCCO1. The molecule has 1 heterocycles. The van der Waals surface area contributed by atoms with E-state index in [0.717, 1.165) is 19.4 Å². The maximum absolute atomic E-state index is 8.44. The van der Waals surface area contributed by atoms with E-state index in [9.17, 15) is 0 Å². The average molecular weight is 118 g/mol. The van der Waals surface area contributed by atoms with E-state index in [2.05, 4.69) is 0 Å². The van der Waals surface area contributed by atoms with Crippen LogP contribution in [0.1, 0.15) is 20.3 Å². The Morgan fingerprint density at radius 1 is 1.62 bits per heavy atom. The van der Waals surface area contributed by atoms with Gasteiger partial charge in [0.2, 0.25) is 0 Å². The molecule has 0 saturated carbocycles. The fourth-order valence-electron chi connectivity index (χ4n) is 0.788. The summed E-state index contributed by atoms with van der Waals surface area (Å²) in [7, 11) is 0. The smallest absolute Gasteiger partial charge is 0.0806 e. The summed E-state index contributed by atoms with van der Waals surface area (Å²) < 4.78 is 5.05. The predicted octanol–water partition coefficient (Wildman–Crippen LogP) is 0.794. The lowest BCUT2D eigenvalue weighted by Crippen LogP contribution is -2.09. The Morgan fingerprint density at radius 2 is 2.38 bits per heavy atom. The van der Waals surface area contributed by atoms with Crippen LogP contribution >= 0.6 is 0 Å². The molecule has 0 aromatic rings. The molecule has 50 valence electrons. The summed E-state index contributed by atoms with van der Waals surface area (Å²) >= 11 is 0. The van der Waals surface area contributed by atoms with Crippen LogP contribution in [0.5, 0.6) is 0 Å². The van der Waals surface area contributed by atoms with E-state index in [1.807, 2.05) is 0 Å². The van der Waals surface area contributed by atoms with Crippen LogP contribution < -0.4 is 0 Å². The van der Waals surface area contributed by atoms with Gasteiger partial charge < -0.3 is 9.84 Å². The number of ether oxygens (including phenoxy) is 1. The van der Waals surface area contributed by atoms with Gasteiger partial charge in [-0.05, 0) is 12.8 Å². The van der Waals surface area contributed by atoms with Gasteiger partial charge in [-0.2, -0.15) is 0 Å². The van der Waals surface area contributed by atoms with Crippen LogP contribution in [0.4, 0.5) is 0 Å². The normalized spacial score (nSPS) is 27.4. The van der Waals surface area contributed by atoms with Crippen molar-refractivity contribution in [3.8, 4) is 0 Å². The fraction of sp³-hybridized carbons (Fsp3) is 1.00. The Labute approximate surface area is 50.5 Å². The third-order valence-corrected chi connectivity index (χ3v) is 1.23. The Balaban J connectivity index is 0.000000490. The molecule has 1 aliphatic rings. The van der Waals surface area contributed by atoms with Crippen LogP contribution in [-0.2, 0) is 4.74 Å². The van der Waals surface area contributed by atoms with Gasteiger partial charge in [0.25, 0.3) is 0 Å². The minimum atomic E-state index is 0. The summed E-state index contributed by atoms with van der Waals surface area (Å²) in [6, 6.07) is 0. The lowest BCUT2D eigenvalue weighted by molar-refractivity contribution is 0.0591. The highest BCUT2D eigenvalue weighted by molar-refractivity contribution is 4.61. The molecule has 0 aliphatic carbocycles. The Bertz CT molecular complexity index is 48.5. The van der Waals surface area contributed by atoms with Gasteiger partial charge in [-0.3, -0.25) is 0 Å². The van der Waals surface area contributed by atoms with Gasteiger partial charge in [-0.1, -0.05) is 7.43 Å². The maximum Gasteiger partial charge on any atom is 0.0806 e. The number of hydrogen-bond acceptors (Lipinski definition) is 2. The molecule has 0 spiro atoms. The highest BCUT2D eigenvalue weighted by atomic mass is 16.5. The van der Waals surface area contributed by atoms with E-state index in [1.54, 1.807) is 0 Å². The van der Waals surface area contributed by atoms with Crippen LogP contribution in [0.15, 0.2) is 0 Å². The van der Waals surface area contributed by atoms with E-state index >= 15 is 0 Å². The number of aliphatic hydroxyl groups excluding tert-OH is 1. The molecular formula is C6H14O2. The second-order valence-corrected chi connectivity index (χ2v) is 1.82. The van der Waals surface area contributed by atoms with Crippen molar-refractivity contribution in [2.45, 2.75) is 26.4 Å². The molecule has 1 saturated heterocycles. The molecule has 0 aromatic carbocycles. The lowest BCUT2D eigenvalue weighted by atomic mass is 10.2. The van der Waals surface area contributed by atoms with Crippen LogP contribution in [0.2, 0.25) is 0 Å². The minimum Gasteiger partial charge on any atom is -0.394 e. The molecule has 0 aromatic heterocycles. The first-order valence-electron chi connectivity index (χ1n) is 2.66. The largest absolute Gasteiger partial charge is 0.394 e. The van der Waals surface area contributed by atoms with Crippen molar-refractivity contribution < 1.29 is 9.84 Å². The van der Waals surface area contributed by atoms with Crippen molar-refractivity contribution in [2.75, 3.05) is 13.2 Å². The topological polar surface area (TPSA) is 29.5 Å². The summed E-state index contributed by atoms with van der Waals surface area (Å²) in [5.74, 6) is 0. The molecule has 1 unspecified atom stereocenters. The van der Waals surface area contributed by atoms with Gasteiger partial charge in [0.05, 0.1) is 12.7 Å². The summed E-state index contributed by atoms with van der Waals surface area (Å²) in [6.07, 6.45) is 2.31. The molecule has 1 atom stereocenters. The highest BCUT2D eigenvalue weighted by Crippen LogP contribution is 2.09. The first kappa shape index (κ1) is 7.92. The summed E-state index contributed by atoms with van der Waals surface area (Å²) in [6.45, 7) is 1.03. The van der Waals surface area contributed by atoms with Crippen LogP contribution in [0.3, 0.4) is 0 Å². The average Bonchev–Trinajstić information content (AvgIpc) is 2.14. The summed E-state index contributed by atoms with van der Waals surface area (Å²) in [5.41, 5.74) is 0. The fourth-order valence-corrected chi connectivity index (χ4v) is 0.788. The molecular weight excluding hydrogens is 104 g/mol. The van der Waals surface area contributed by atoms with E-state index < -0.39 is 0 Å². The zero-order valence-corrected chi connectivity index (χ0v) is 4.26. The lowest BCUT2D eigenvalue weighted by Gasteiger charge is -2.00.